The molecule has 0 amide bonds. The number of nitrogens with two attached hydrogens (primary N) is 1. The van der Waals surface area contributed by atoms with Crippen LogP contribution in [0.2, 0.25) is 5.02 Å². The number of hydrogen-bond donors (Lipinski definition) is 2. The van der Waals surface area contributed by atoms with Gasteiger partial charge in [0.25, 0.3) is 0 Å². The van der Waals surface area contributed by atoms with Crippen LogP contribution in [-0.4, -0.2) is 11.0 Å². The van der Waals surface area contributed by atoms with Gasteiger partial charge >= 0.3 is 0 Å². The minimum atomic E-state index is -0.947. The van der Waals surface area contributed by atoms with E-state index in [9.17, 15) is 8.78 Å². The highest BCUT2D eigenvalue weighted by Gasteiger charge is 2.10. The van der Waals surface area contributed by atoms with E-state index in [2.05, 4.69) is 5.16 Å². The molecule has 2 rings (SSSR count). The Bertz CT molecular complexity index is 693. The number of hydrogen-bond acceptors (Lipinski definition) is 3. The summed E-state index contributed by atoms with van der Waals surface area (Å²) in [6.07, 6.45) is 0. The second kappa shape index (κ2) is 6.41. The highest BCUT2D eigenvalue weighted by atomic mass is 35.5. The van der Waals surface area contributed by atoms with Gasteiger partial charge in [-0.05, 0) is 24.3 Å². The van der Waals surface area contributed by atoms with Crippen molar-refractivity contribution in [3.63, 3.8) is 0 Å². The van der Waals surface area contributed by atoms with Crippen molar-refractivity contribution >= 4 is 17.4 Å². The molecule has 0 heterocycles. The summed E-state index contributed by atoms with van der Waals surface area (Å²) in [5, 5.41) is 11.6. The molecular formula is C14H11ClF2N2O2. The van der Waals surface area contributed by atoms with Gasteiger partial charge in [-0.3, -0.25) is 0 Å². The van der Waals surface area contributed by atoms with Crippen LogP contribution < -0.4 is 10.5 Å². The van der Waals surface area contributed by atoms with Gasteiger partial charge in [0.1, 0.15) is 12.4 Å². The summed E-state index contributed by atoms with van der Waals surface area (Å²) in [4.78, 5) is 0. The first-order valence-electron chi connectivity index (χ1n) is 5.86. The van der Waals surface area contributed by atoms with E-state index >= 15 is 0 Å². The molecule has 4 nitrogen and oxygen atoms in total. The Kier molecular flexibility index (Phi) is 4.59. The Balaban J connectivity index is 2.14. The molecule has 0 bridgehead atoms. The average molecular weight is 313 g/mol. The highest BCUT2D eigenvalue weighted by molar-refractivity contribution is 6.34. The van der Waals surface area contributed by atoms with E-state index < -0.39 is 11.6 Å². The van der Waals surface area contributed by atoms with Gasteiger partial charge in [0.05, 0.1) is 5.02 Å². The molecule has 0 atom stereocenters. The molecule has 0 unspecified atom stereocenters. The number of oxime groups is 1. The van der Waals surface area contributed by atoms with Crippen LogP contribution in [0.1, 0.15) is 11.1 Å². The Hall–Kier alpha value is -2.34. The van der Waals surface area contributed by atoms with Crippen molar-refractivity contribution in [1.29, 1.82) is 0 Å². The molecular weight excluding hydrogens is 302 g/mol. The van der Waals surface area contributed by atoms with Gasteiger partial charge in [-0.2, -0.15) is 0 Å². The van der Waals surface area contributed by atoms with Gasteiger partial charge in [0, 0.05) is 11.1 Å². The fourth-order valence-corrected chi connectivity index (χ4v) is 1.94. The maximum atomic E-state index is 13.5. The summed E-state index contributed by atoms with van der Waals surface area (Å²) >= 11 is 5.96. The smallest absolute Gasteiger partial charge is 0.171 e. The van der Waals surface area contributed by atoms with Gasteiger partial charge in [0.2, 0.25) is 0 Å². The fourth-order valence-electron chi connectivity index (χ4n) is 1.67. The Morgan fingerprint density at radius 2 is 2.05 bits per heavy atom. The lowest BCUT2D eigenvalue weighted by Crippen LogP contribution is -2.13. The third-order valence-corrected chi connectivity index (χ3v) is 3.06. The fraction of sp³-hybridized carbons (Fsp3) is 0.0714. The molecule has 0 aliphatic carbocycles. The molecule has 0 spiro atoms. The summed E-state index contributed by atoms with van der Waals surface area (Å²) in [5.41, 5.74) is 5.86. The van der Waals surface area contributed by atoms with Crippen molar-refractivity contribution in [2.45, 2.75) is 6.61 Å². The molecule has 0 radical (unpaired) electrons. The first-order valence-corrected chi connectivity index (χ1v) is 6.24. The molecule has 0 aromatic heterocycles. The van der Waals surface area contributed by atoms with Gasteiger partial charge in [-0.1, -0.05) is 28.9 Å². The molecule has 0 saturated carbocycles. The SMILES string of the molecule is N/C(=N/O)c1ccc(OCc2cccc(F)c2F)cc1Cl. The summed E-state index contributed by atoms with van der Waals surface area (Å²) in [6.45, 7) is -0.150. The maximum absolute atomic E-state index is 13.5. The lowest BCUT2D eigenvalue weighted by atomic mass is 10.2. The van der Waals surface area contributed by atoms with Crippen LogP contribution in [0.3, 0.4) is 0 Å². The summed E-state index contributed by atoms with van der Waals surface area (Å²) in [7, 11) is 0. The van der Waals surface area contributed by atoms with Crippen molar-refractivity contribution in [3.05, 3.63) is 64.2 Å². The molecule has 2 aromatic rings. The van der Waals surface area contributed by atoms with Gasteiger partial charge in [-0.15, -0.1) is 0 Å². The van der Waals surface area contributed by atoms with Crippen molar-refractivity contribution in [2.24, 2.45) is 10.9 Å². The minimum Gasteiger partial charge on any atom is -0.489 e. The molecule has 0 aliphatic heterocycles. The topological polar surface area (TPSA) is 67.8 Å². The lowest BCUT2D eigenvalue weighted by Gasteiger charge is -2.09. The monoisotopic (exact) mass is 312 g/mol. The van der Waals surface area contributed by atoms with Gasteiger partial charge in [-0.25, -0.2) is 8.78 Å². The van der Waals surface area contributed by atoms with E-state index in [1.807, 2.05) is 0 Å². The van der Waals surface area contributed by atoms with Gasteiger partial charge in [0.15, 0.2) is 17.5 Å². The van der Waals surface area contributed by atoms with Crippen LogP contribution in [-0.2, 0) is 6.61 Å². The molecule has 0 fully saturated rings. The van der Waals surface area contributed by atoms with E-state index in [4.69, 9.17) is 27.3 Å². The van der Waals surface area contributed by atoms with Crippen molar-refractivity contribution < 1.29 is 18.7 Å². The van der Waals surface area contributed by atoms with Crippen molar-refractivity contribution in [1.82, 2.24) is 0 Å². The summed E-state index contributed by atoms with van der Waals surface area (Å²) in [6, 6.07) is 8.30. The van der Waals surface area contributed by atoms with E-state index in [0.717, 1.165) is 6.07 Å². The second-order valence-electron chi connectivity index (χ2n) is 4.13. The standard InChI is InChI=1S/C14H11ClF2N2O2/c15-11-6-9(4-5-10(11)14(18)19-20)21-7-8-2-1-3-12(16)13(8)17/h1-6,20H,7H2,(H2,18,19). The quantitative estimate of drug-likeness (QED) is 0.394. The number of amidine groups is 1. The van der Waals surface area contributed by atoms with Crippen molar-refractivity contribution in [2.75, 3.05) is 0 Å². The maximum Gasteiger partial charge on any atom is 0.171 e. The third-order valence-electron chi connectivity index (χ3n) is 2.75. The van der Waals surface area contributed by atoms with E-state index in [0.29, 0.717) is 11.3 Å². The molecule has 0 saturated heterocycles. The third kappa shape index (κ3) is 3.41. The van der Waals surface area contributed by atoms with Crippen LogP contribution in [0, 0.1) is 11.6 Å². The zero-order valence-electron chi connectivity index (χ0n) is 10.7. The number of rotatable bonds is 4. The lowest BCUT2D eigenvalue weighted by molar-refractivity contribution is 0.297. The molecule has 2 aromatic carbocycles. The van der Waals surface area contributed by atoms with Crippen LogP contribution in [0.15, 0.2) is 41.6 Å². The number of benzene rings is 2. The first-order chi connectivity index (χ1) is 10.0. The zero-order chi connectivity index (χ0) is 15.4. The predicted octanol–water partition coefficient (Wildman–Crippen LogP) is 3.29. The van der Waals surface area contributed by atoms with E-state index in [1.54, 1.807) is 0 Å². The summed E-state index contributed by atoms with van der Waals surface area (Å²) in [5.74, 6) is -1.67. The Morgan fingerprint density at radius 1 is 1.29 bits per heavy atom. The predicted molar refractivity (Wildman–Crippen MR) is 74.7 cm³/mol. The number of halogens is 3. The molecule has 110 valence electrons. The van der Waals surface area contributed by atoms with Crippen LogP contribution in [0.5, 0.6) is 5.75 Å². The van der Waals surface area contributed by atoms with E-state index in [-0.39, 0.29) is 23.0 Å². The van der Waals surface area contributed by atoms with Crippen LogP contribution in [0.25, 0.3) is 0 Å². The highest BCUT2D eigenvalue weighted by Crippen LogP contribution is 2.23. The largest absolute Gasteiger partial charge is 0.489 e. The molecule has 7 heteroatoms. The molecule has 0 aliphatic rings. The number of ether oxygens (including phenoxy) is 1. The Labute approximate surface area is 124 Å². The Morgan fingerprint density at radius 3 is 2.71 bits per heavy atom. The number of nitrogens with zero attached hydrogens (tertiary/aromatic N) is 1. The van der Waals surface area contributed by atoms with Crippen LogP contribution >= 0.6 is 11.6 Å². The molecule has 3 N–H and O–H groups in total. The second-order valence-corrected chi connectivity index (χ2v) is 4.54. The van der Waals surface area contributed by atoms with E-state index in [1.165, 1.54) is 30.3 Å². The normalized spacial score (nSPS) is 11.5. The van der Waals surface area contributed by atoms with Crippen LogP contribution in [0.4, 0.5) is 8.78 Å². The average Bonchev–Trinajstić information content (AvgIpc) is 2.48. The van der Waals surface area contributed by atoms with Crippen molar-refractivity contribution in [3.8, 4) is 5.75 Å². The molecule has 21 heavy (non-hydrogen) atoms. The van der Waals surface area contributed by atoms with Gasteiger partial charge < -0.3 is 15.7 Å². The zero-order valence-corrected chi connectivity index (χ0v) is 11.4. The summed E-state index contributed by atoms with van der Waals surface area (Å²) < 4.78 is 31.8. The minimum absolute atomic E-state index is 0.0895. The first kappa shape index (κ1) is 15.1.